The summed E-state index contributed by atoms with van der Waals surface area (Å²) in [7, 11) is -3.22. The summed E-state index contributed by atoms with van der Waals surface area (Å²) in [5, 5.41) is 0.276. The highest BCUT2D eigenvalue weighted by molar-refractivity contribution is 7.91. The Morgan fingerprint density at radius 2 is 2.14 bits per heavy atom. The van der Waals surface area contributed by atoms with Crippen LogP contribution in [0.5, 0.6) is 0 Å². The van der Waals surface area contributed by atoms with Crippen molar-refractivity contribution in [3.63, 3.8) is 0 Å². The Morgan fingerprint density at radius 1 is 1.43 bits per heavy atom. The van der Waals surface area contributed by atoms with E-state index >= 15 is 0 Å². The summed E-state index contributed by atoms with van der Waals surface area (Å²) in [4.78, 5) is 0.223. The molecule has 76 valence electrons. The van der Waals surface area contributed by atoms with Gasteiger partial charge in [-0.1, -0.05) is 23.7 Å². The lowest BCUT2D eigenvalue weighted by molar-refractivity contribution is 0.569. The maximum atomic E-state index is 11.7. The van der Waals surface area contributed by atoms with Crippen molar-refractivity contribution in [1.82, 2.24) is 0 Å². The second kappa shape index (κ2) is 3.22. The van der Waals surface area contributed by atoms with Crippen LogP contribution in [0.1, 0.15) is 18.0 Å². The van der Waals surface area contributed by atoms with E-state index < -0.39 is 9.84 Å². The Kier molecular flexibility index (Phi) is 2.29. The van der Waals surface area contributed by atoms with E-state index in [1.54, 1.807) is 18.2 Å². The zero-order valence-electron chi connectivity index (χ0n) is 7.40. The van der Waals surface area contributed by atoms with Crippen molar-refractivity contribution < 1.29 is 8.42 Å². The third-order valence-corrected chi connectivity index (χ3v) is 4.68. The summed E-state index contributed by atoms with van der Waals surface area (Å²) in [6.45, 7) is 0. The first-order chi connectivity index (χ1) is 6.52. The van der Waals surface area contributed by atoms with E-state index in [9.17, 15) is 8.42 Å². The molecule has 0 bridgehead atoms. The number of fused-ring (bicyclic) bond motifs is 1. The average Bonchev–Trinajstić information content (AvgIpc) is 2.12. The van der Waals surface area contributed by atoms with Crippen LogP contribution in [0, 0.1) is 0 Å². The number of nitrogens with two attached hydrogens (primary N) is 1. The second-order valence-electron chi connectivity index (χ2n) is 3.37. The monoisotopic (exact) mass is 231 g/mol. The van der Waals surface area contributed by atoms with Crippen LogP contribution in [0.15, 0.2) is 23.1 Å². The maximum absolute atomic E-state index is 11.7. The standard InChI is InChI=1S/C9H10ClNO2S/c10-7-3-1-2-6-8(11)4-5-14(12,13)9(6)7/h1-3,8H,4-5,11H2. The van der Waals surface area contributed by atoms with Crippen molar-refractivity contribution in [2.75, 3.05) is 5.75 Å². The molecule has 1 aromatic rings. The minimum absolute atomic E-state index is 0.0882. The average molecular weight is 232 g/mol. The van der Waals surface area contributed by atoms with E-state index in [4.69, 9.17) is 17.3 Å². The highest BCUT2D eigenvalue weighted by Gasteiger charge is 2.30. The van der Waals surface area contributed by atoms with E-state index in [1.807, 2.05) is 0 Å². The van der Waals surface area contributed by atoms with Crippen molar-refractivity contribution in [1.29, 1.82) is 0 Å². The quantitative estimate of drug-likeness (QED) is 0.737. The van der Waals surface area contributed by atoms with Gasteiger partial charge < -0.3 is 5.73 Å². The highest BCUT2D eigenvalue weighted by Crippen LogP contribution is 2.35. The third-order valence-electron chi connectivity index (χ3n) is 2.41. The second-order valence-corrected chi connectivity index (χ2v) is 5.83. The third kappa shape index (κ3) is 1.43. The summed E-state index contributed by atoms with van der Waals surface area (Å²) in [5.74, 6) is 0.0882. The molecule has 5 heteroatoms. The normalized spacial score (nSPS) is 24.3. The van der Waals surface area contributed by atoms with Crippen LogP contribution >= 0.6 is 11.6 Å². The van der Waals surface area contributed by atoms with Crippen molar-refractivity contribution in [2.24, 2.45) is 5.73 Å². The molecule has 0 saturated carbocycles. The van der Waals surface area contributed by atoms with Crippen LogP contribution in [-0.4, -0.2) is 14.2 Å². The molecule has 0 fully saturated rings. The molecule has 1 heterocycles. The molecule has 2 N–H and O–H groups in total. The van der Waals surface area contributed by atoms with E-state index in [1.165, 1.54) is 0 Å². The molecule has 0 amide bonds. The molecular weight excluding hydrogens is 222 g/mol. The number of hydrogen-bond donors (Lipinski definition) is 1. The Balaban J connectivity index is 2.77. The number of rotatable bonds is 0. The van der Waals surface area contributed by atoms with Gasteiger partial charge in [-0.25, -0.2) is 8.42 Å². The first-order valence-corrected chi connectivity index (χ1v) is 6.32. The minimum Gasteiger partial charge on any atom is -0.324 e. The Morgan fingerprint density at radius 3 is 2.79 bits per heavy atom. The highest BCUT2D eigenvalue weighted by atomic mass is 35.5. The fraction of sp³-hybridized carbons (Fsp3) is 0.333. The van der Waals surface area contributed by atoms with Gasteiger partial charge in [-0.05, 0) is 18.1 Å². The molecule has 1 aliphatic heterocycles. The SMILES string of the molecule is NC1CCS(=O)(=O)c2c(Cl)cccc21. The number of benzene rings is 1. The Bertz CT molecular complexity index is 470. The van der Waals surface area contributed by atoms with Crippen LogP contribution in [0.3, 0.4) is 0 Å². The summed E-state index contributed by atoms with van der Waals surface area (Å²) >= 11 is 5.86. The first-order valence-electron chi connectivity index (χ1n) is 4.29. The number of halogens is 1. The van der Waals surface area contributed by atoms with E-state index in [0.29, 0.717) is 12.0 Å². The molecule has 0 saturated heterocycles. The molecule has 14 heavy (non-hydrogen) atoms. The van der Waals surface area contributed by atoms with Crippen LogP contribution in [0.25, 0.3) is 0 Å². The van der Waals surface area contributed by atoms with Gasteiger partial charge in [0.1, 0.15) is 0 Å². The zero-order chi connectivity index (χ0) is 10.3. The van der Waals surface area contributed by atoms with Crippen molar-refractivity contribution in [3.05, 3.63) is 28.8 Å². The molecule has 1 aromatic carbocycles. The molecule has 1 aliphatic rings. The molecule has 0 aromatic heterocycles. The fourth-order valence-electron chi connectivity index (χ4n) is 1.69. The van der Waals surface area contributed by atoms with E-state index in [2.05, 4.69) is 0 Å². The van der Waals surface area contributed by atoms with Gasteiger partial charge in [-0.3, -0.25) is 0 Å². The van der Waals surface area contributed by atoms with E-state index in [-0.39, 0.29) is 21.7 Å². The van der Waals surface area contributed by atoms with Gasteiger partial charge in [0, 0.05) is 6.04 Å². The first kappa shape index (κ1) is 9.96. The van der Waals surface area contributed by atoms with Gasteiger partial charge in [0.25, 0.3) is 0 Å². The summed E-state index contributed by atoms with van der Waals surface area (Å²) in [6, 6.07) is 4.81. The van der Waals surface area contributed by atoms with Crippen LogP contribution in [0.2, 0.25) is 5.02 Å². The van der Waals surface area contributed by atoms with Crippen LogP contribution in [-0.2, 0) is 9.84 Å². The Hall–Kier alpha value is -0.580. The van der Waals surface area contributed by atoms with E-state index in [0.717, 1.165) is 0 Å². The number of hydrogen-bond acceptors (Lipinski definition) is 3. The van der Waals surface area contributed by atoms with Gasteiger partial charge in [0.15, 0.2) is 9.84 Å². The molecule has 0 radical (unpaired) electrons. The van der Waals surface area contributed by atoms with Gasteiger partial charge >= 0.3 is 0 Å². The fourth-order valence-corrected chi connectivity index (χ4v) is 3.93. The van der Waals surface area contributed by atoms with Crippen LogP contribution in [0.4, 0.5) is 0 Å². The van der Waals surface area contributed by atoms with Gasteiger partial charge in [-0.15, -0.1) is 0 Å². The van der Waals surface area contributed by atoms with Gasteiger partial charge in [0.2, 0.25) is 0 Å². The number of sulfone groups is 1. The molecule has 2 rings (SSSR count). The van der Waals surface area contributed by atoms with Crippen molar-refractivity contribution >= 4 is 21.4 Å². The topological polar surface area (TPSA) is 60.2 Å². The molecule has 0 aliphatic carbocycles. The minimum atomic E-state index is -3.22. The summed E-state index contributed by atoms with van der Waals surface area (Å²) in [6.07, 6.45) is 0.468. The van der Waals surface area contributed by atoms with Crippen LogP contribution < -0.4 is 5.73 Å². The predicted octanol–water partition coefficient (Wildman–Crippen LogP) is 1.52. The maximum Gasteiger partial charge on any atom is 0.180 e. The zero-order valence-corrected chi connectivity index (χ0v) is 8.98. The largest absolute Gasteiger partial charge is 0.324 e. The lowest BCUT2D eigenvalue weighted by Crippen LogP contribution is -2.25. The molecule has 0 spiro atoms. The van der Waals surface area contributed by atoms with Crippen molar-refractivity contribution in [3.8, 4) is 0 Å². The van der Waals surface area contributed by atoms with Gasteiger partial charge in [0.05, 0.1) is 15.7 Å². The van der Waals surface area contributed by atoms with Crippen molar-refractivity contribution in [2.45, 2.75) is 17.4 Å². The molecule has 1 atom stereocenters. The smallest absolute Gasteiger partial charge is 0.180 e. The summed E-state index contributed by atoms with van der Waals surface area (Å²) < 4.78 is 23.4. The molecular formula is C9H10ClNO2S. The molecule has 1 unspecified atom stereocenters. The lowest BCUT2D eigenvalue weighted by atomic mass is 10.1. The summed E-state index contributed by atoms with van der Waals surface area (Å²) in [5.41, 5.74) is 6.46. The van der Waals surface area contributed by atoms with Gasteiger partial charge in [-0.2, -0.15) is 0 Å². The Labute approximate surface area is 87.8 Å². The molecule has 3 nitrogen and oxygen atoms in total. The predicted molar refractivity (Wildman–Crippen MR) is 55.1 cm³/mol. The lowest BCUT2D eigenvalue weighted by Gasteiger charge is -2.22.